The van der Waals surface area contributed by atoms with Crippen LogP contribution in [-0.4, -0.2) is 34.8 Å². The molecule has 6 nitrogen and oxygen atoms in total. The number of amides is 4. The molecule has 1 aromatic carbocycles. The molecular formula is C16H21N3O3. The number of carbonyl (C=O) groups excluding carboxylic acids is 3. The highest BCUT2D eigenvalue weighted by molar-refractivity contribution is 6.06. The van der Waals surface area contributed by atoms with Gasteiger partial charge in [-0.25, -0.2) is 4.79 Å². The number of anilines is 1. The van der Waals surface area contributed by atoms with E-state index in [0.29, 0.717) is 0 Å². The lowest BCUT2D eigenvalue weighted by Gasteiger charge is -2.16. The molecule has 1 aliphatic heterocycles. The first-order valence-corrected chi connectivity index (χ1v) is 7.37. The van der Waals surface area contributed by atoms with Crippen LogP contribution in [0.1, 0.15) is 32.8 Å². The van der Waals surface area contributed by atoms with Gasteiger partial charge in [-0.3, -0.25) is 14.5 Å². The summed E-state index contributed by atoms with van der Waals surface area (Å²) in [6.45, 7) is 5.38. The van der Waals surface area contributed by atoms with Gasteiger partial charge >= 0.3 is 6.03 Å². The summed E-state index contributed by atoms with van der Waals surface area (Å²) in [4.78, 5) is 36.9. The Labute approximate surface area is 129 Å². The van der Waals surface area contributed by atoms with Gasteiger partial charge in [0.2, 0.25) is 5.91 Å². The maximum atomic E-state index is 12.0. The molecule has 2 rings (SSSR count). The van der Waals surface area contributed by atoms with E-state index in [0.717, 1.165) is 22.6 Å². The minimum atomic E-state index is -0.900. The van der Waals surface area contributed by atoms with Gasteiger partial charge in [0.1, 0.15) is 5.54 Å². The molecule has 118 valence electrons. The van der Waals surface area contributed by atoms with Gasteiger partial charge in [-0.2, -0.15) is 0 Å². The van der Waals surface area contributed by atoms with Crippen LogP contribution in [0.4, 0.5) is 10.5 Å². The number of nitrogens with zero attached hydrogens (tertiary/aromatic N) is 1. The first kappa shape index (κ1) is 16.0. The van der Waals surface area contributed by atoms with E-state index in [2.05, 4.69) is 10.6 Å². The molecule has 1 heterocycles. The number of benzene rings is 1. The predicted molar refractivity (Wildman–Crippen MR) is 83.4 cm³/mol. The Morgan fingerprint density at radius 3 is 2.55 bits per heavy atom. The zero-order valence-electron chi connectivity index (χ0n) is 13.1. The Kier molecular flexibility index (Phi) is 4.49. The number of urea groups is 1. The number of para-hydroxylation sites is 1. The summed E-state index contributed by atoms with van der Waals surface area (Å²) >= 11 is 0. The van der Waals surface area contributed by atoms with Gasteiger partial charge in [-0.15, -0.1) is 0 Å². The SMILES string of the molecule is CCc1ccccc1NC(=O)CCN1C(=O)NC(C)(C)C1=O. The van der Waals surface area contributed by atoms with Crippen LogP contribution >= 0.6 is 0 Å². The minimum Gasteiger partial charge on any atom is -0.326 e. The zero-order chi connectivity index (χ0) is 16.3. The number of aryl methyl sites for hydroxylation is 1. The standard InChI is InChI=1S/C16H21N3O3/c1-4-11-7-5-6-8-12(11)17-13(20)9-10-19-14(21)16(2,3)18-15(19)22/h5-8H,4,9-10H2,1-3H3,(H,17,20)(H,18,22). The number of hydrogen-bond donors (Lipinski definition) is 2. The van der Waals surface area contributed by atoms with Crippen LogP contribution < -0.4 is 10.6 Å². The van der Waals surface area contributed by atoms with Gasteiger partial charge < -0.3 is 10.6 Å². The average molecular weight is 303 g/mol. The number of carbonyl (C=O) groups is 3. The fourth-order valence-electron chi connectivity index (χ4n) is 2.40. The van der Waals surface area contributed by atoms with Crippen molar-refractivity contribution < 1.29 is 14.4 Å². The molecule has 0 bridgehead atoms. The topological polar surface area (TPSA) is 78.5 Å². The van der Waals surface area contributed by atoms with E-state index in [9.17, 15) is 14.4 Å². The third kappa shape index (κ3) is 3.27. The second-order valence-corrected chi connectivity index (χ2v) is 5.82. The van der Waals surface area contributed by atoms with Crippen LogP contribution in [0.15, 0.2) is 24.3 Å². The first-order valence-electron chi connectivity index (χ1n) is 7.37. The molecule has 0 aromatic heterocycles. The molecule has 0 saturated carbocycles. The third-order valence-electron chi connectivity index (χ3n) is 3.68. The molecule has 0 unspecified atom stereocenters. The van der Waals surface area contributed by atoms with E-state index in [4.69, 9.17) is 0 Å². The van der Waals surface area contributed by atoms with Crippen molar-refractivity contribution in [1.29, 1.82) is 0 Å². The number of hydrogen-bond acceptors (Lipinski definition) is 3. The van der Waals surface area contributed by atoms with E-state index in [1.54, 1.807) is 13.8 Å². The highest BCUT2D eigenvalue weighted by Crippen LogP contribution is 2.18. The van der Waals surface area contributed by atoms with Crippen LogP contribution in [0.3, 0.4) is 0 Å². The maximum absolute atomic E-state index is 12.0. The highest BCUT2D eigenvalue weighted by atomic mass is 16.2. The summed E-state index contributed by atoms with van der Waals surface area (Å²) in [5.74, 6) is -0.523. The highest BCUT2D eigenvalue weighted by Gasteiger charge is 2.43. The summed E-state index contributed by atoms with van der Waals surface area (Å²) < 4.78 is 0. The van der Waals surface area contributed by atoms with E-state index in [1.807, 2.05) is 31.2 Å². The summed E-state index contributed by atoms with van der Waals surface area (Å²) in [6, 6.07) is 7.12. The van der Waals surface area contributed by atoms with E-state index in [-0.39, 0.29) is 24.8 Å². The second kappa shape index (κ2) is 6.17. The number of rotatable bonds is 5. The van der Waals surface area contributed by atoms with Crippen molar-refractivity contribution >= 4 is 23.5 Å². The van der Waals surface area contributed by atoms with Crippen molar-refractivity contribution in [2.24, 2.45) is 0 Å². The Morgan fingerprint density at radius 1 is 1.27 bits per heavy atom. The van der Waals surface area contributed by atoms with Crippen LogP contribution in [0.2, 0.25) is 0 Å². The van der Waals surface area contributed by atoms with E-state index < -0.39 is 11.6 Å². The molecule has 1 saturated heterocycles. The summed E-state index contributed by atoms with van der Waals surface area (Å²) in [7, 11) is 0. The van der Waals surface area contributed by atoms with Gasteiger partial charge in [0.25, 0.3) is 5.91 Å². The normalized spacial score (nSPS) is 16.6. The van der Waals surface area contributed by atoms with E-state index >= 15 is 0 Å². The van der Waals surface area contributed by atoms with Crippen LogP contribution in [0.5, 0.6) is 0 Å². The first-order chi connectivity index (χ1) is 10.3. The smallest absolute Gasteiger partial charge is 0.325 e. The lowest BCUT2D eigenvalue weighted by molar-refractivity contribution is -0.130. The molecule has 1 fully saturated rings. The second-order valence-electron chi connectivity index (χ2n) is 5.82. The Balaban J connectivity index is 1.94. The quantitative estimate of drug-likeness (QED) is 0.816. The maximum Gasteiger partial charge on any atom is 0.325 e. The summed E-state index contributed by atoms with van der Waals surface area (Å²) in [6.07, 6.45) is 0.894. The van der Waals surface area contributed by atoms with Gasteiger partial charge in [0.15, 0.2) is 0 Å². The van der Waals surface area contributed by atoms with Gasteiger partial charge in [-0.1, -0.05) is 25.1 Å². The van der Waals surface area contributed by atoms with Crippen LogP contribution in [0.25, 0.3) is 0 Å². The summed E-state index contributed by atoms with van der Waals surface area (Å²) in [5, 5.41) is 5.42. The largest absolute Gasteiger partial charge is 0.326 e. The van der Waals surface area contributed by atoms with Crippen molar-refractivity contribution in [3.63, 3.8) is 0 Å². The monoisotopic (exact) mass is 303 g/mol. The fourth-order valence-corrected chi connectivity index (χ4v) is 2.40. The van der Waals surface area contributed by atoms with Crippen molar-refractivity contribution in [2.45, 2.75) is 39.2 Å². The molecule has 0 atom stereocenters. The lowest BCUT2D eigenvalue weighted by atomic mass is 10.1. The van der Waals surface area contributed by atoms with Gasteiger partial charge in [0, 0.05) is 18.7 Å². The predicted octanol–water partition coefficient (Wildman–Crippen LogP) is 1.91. The van der Waals surface area contributed by atoms with Gasteiger partial charge in [0.05, 0.1) is 0 Å². The van der Waals surface area contributed by atoms with Gasteiger partial charge in [-0.05, 0) is 31.9 Å². The van der Waals surface area contributed by atoms with Crippen LogP contribution in [0, 0.1) is 0 Å². The zero-order valence-corrected chi connectivity index (χ0v) is 13.1. The van der Waals surface area contributed by atoms with Crippen molar-refractivity contribution in [2.75, 3.05) is 11.9 Å². The molecule has 1 aromatic rings. The molecule has 22 heavy (non-hydrogen) atoms. The Bertz CT molecular complexity index is 610. The third-order valence-corrected chi connectivity index (χ3v) is 3.68. The molecule has 0 spiro atoms. The Morgan fingerprint density at radius 2 is 1.95 bits per heavy atom. The molecule has 0 radical (unpaired) electrons. The van der Waals surface area contributed by atoms with E-state index in [1.165, 1.54) is 0 Å². The fraction of sp³-hybridized carbons (Fsp3) is 0.438. The van der Waals surface area contributed by atoms with Crippen molar-refractivity contribution in [3.05, 3.63) is 29.8 Å². The number of nitrogens with one attached hydrogen (secondary N) is 2. The molecule has 6 heteroatoms. The van der Waals surface area contributed by atoms with Crippen LogP contribution in [-0.2, 0) is 16.0 Å². The van der Waals surface area contributed by atoms with Crippen molar-refractivity contribution in [3.8, 4) is 0 Å². The summed E-state index contributed by atoms with van der Waals surface area (Å²) in [5.41, 5.74) is 0.919. The average Bonchev–Trinajstić information content (AvgIpc) is 2.66. The molecule has 4 amide bonds. The molecule has 1 aliphatic rings. The number of imide groups is 1. The lowest BCUT2D eigenvalue weighted by Crippen LogP contribution is -2.40. The molecule has 2 N–H and O–H groups in total. The minimum absolute atomic E-state index is 0.0767. The molecule has 0 aliphatic carbocycles. The Hall–Kier alpha value is -2.37. The van der Waals surface area contributed by atoms with Crippen molar-refractivity contribution in [1.82, 2.24) is 10.2 Å². The molecular weight excluding hydrogens is 282 g/mol.